The van der Waals surface area contributed by atoms with Gasteiger partial charge in [-0.3, -0.25) is 18.8 Å². The summed E-state index contributed by atoms with van der Waals surface area (Å²) in [5.74, 6) is -0.197. The largest absolute Gasteiger partial charge is 0.341 e. The van der Waals surface area contributed by atoms with E-state index in [0.717, 1.165) is 0 Å². The standard InChI is InChI=1S/C17H20N6O4S2/c1-21-16-13(9-19-21)17(25)23(11-18-16)10-14(24)22-6-4-12(5-7-22)20-29(26,27)15-3-2-8-28-15/h2-3,8-9,11-12,20H,4-7,10H2,1H3. The predicted octanol–water partition coefficient (Wildman–Crippen LogP) is 0.161. The highest BCUT2D eigenvalue weighted by Gasteiger charge is 2.27. The molecule has 0 radical (unpaired) electrons. The van der Waals surface area contributed by atoms with Crippen molar-refractivity contribution in [2.75, 3.05) is 13.1 Å². The monoisotopic (exact) mass is 436 g/mol. The number of nitrogens with zero attached hydrogens (tertiary/aromatic N) is 5. The van der Waals surface area contributed by atoms with Crippen molar-refractivity contribution in [3.8, 4) is 0 Å². The van der Waals surface area contributed by atoms with Crippen LogP contribution in [0.4, 0.5) is 0 Å². The molecule has 1 N–H and O–H groups in total. The van der Waals surface area contributed by atoms with Gasteiger partial charge in [0.15, 0.2) is 5.65 Å². The van der Waals surface area contributed by atoms with E-state index in [2.05, 4.69) is 14.8 Å². The number of nitrogens with one attached hydrogen (secondary N) is 1. The molecular weight excluding hydrogens is 416 g/mol. The lowest BCUT2D eigenvalue weighted by atomic mass is 10.1. The first-order valence-corrected chi connectivity index (χ1v) is 11.4. The Balaban J connectivity index is 1.37. The number of amides is 1. The average molecular weight is 437 g/mol. The Morgan fingerprint density at radius 2 is 2.10 bits per heavy atom. The molecule has 1 aliphatic heterocycles. The Hall–Kier alpha value is -2.57. The Labute approximate surface area is 170 Å². The van der Waals surface area contributed by atoms with Gasteiger partial charge < -0.3 is 4.90 Å². The predicted molar refractivity (Wildman–Crippen MR) is 107 cm³/mol. The lowest BCUT2D eigenvalue weighted by Gasteiger charge is -2.32. The zero-order valence-electron chi connectivity index (χ0n) is 15.7. The SMILES string of the molecule is Cn1ncc2c(=O)n(CC(=O)N3CCC(NS(=O)(=O)c4cccs4)CC3)cnc21. The van der Waals surface area contributed by atoms with Crippen molar-refractivity contribution in [1.29, 1.82) is 0 Å². The van der Waals surface area contributed by atoms with E-state index in [1.807, 2.05) is 0 Å². The van der Waals surface area contributed by atoms with Crippen LogP contribution in [0.2, 0.25) is 0 Å². The second-order valence-corrected chi connectivity index (χ2v) is 9.78. The van der Waals surface area contributed by atoms with Crippen molar-refractivity contribution in [3.05, 3.63) is 40.4 Å². The quantitative estimate of drug-likeness (QED) is 0.609. The number of piperidine rings is 1. The van der Waals surface area contributed by atoms with E-state index in [0.29, 0.717) is 37.0 Å². The number of aryl methyl sites for hydroxylation is 1. The molecule has 0 saturated carbocycles. The maximum absolute atomic E-state index is 12.6. The third-order valence-electron chi connectivity index (χ3n) is 4.95. The molecule has 3 aromatic heterocycles. The van der Waals surface area contributed by atoms with Gasteiger partial charge in [0.05, 0.1) is 6.20 Å². The number of aromatic nitrogens is 4. The van der Waals surface area contributed by atoms with Crippen LogP contribution in [0.5, 0.6) is 0 Å². The molecule has 10 nitrogen and oxygen atoms in total. The van der Waals surface area contributed by atoms with Crippen molar-refractivity contribution in [2.24, 2.45) is 7.05 Å². The number of fused-ring (bicyclic) bond motifs is 1. The molecule has 0 spiro atoms. The van der Waals surface area contributed by atoms with Crippen LogP contribution in [-0.4, -0.2) is 57.7 Å². The van der Waals surface area contributed by atoms with Crippen LogP contribution in [-0.2, 0) is 28.4 Å². The highest BCUT2D eigenvalue weighted by molar-refractivity contribution is 7.91. The molecule has 29 heavy (non-hydrogen) atoms. The number of carbonyl (C=O) groups excluding carboxylic acids is 1. The first-order chi connectivity index (χ1) is 13.8. The summed E-state index contributed by atoms with van der Waals surface area (Å²) >= 11 is 1.17. The summed E-state index contributed by atoms with van der Waals surface area (Å²) < 4.78 is 30.4. The average Bonchev–Trinajstić information content (AvgIpc) is 3.35. The molecule has 0 unspecified atom stereocenters. The Bertz CT molecular complexity index is 1190. The third-order valence-corrected chi connectivity index (χ3v) is 7.87. The van der Waals surface area contributed by atoms with Crippen LogP contribution in [0.3, 0.4) is 0 Å². The molecule has 0 aliphatic carbocycles. The van der Waals surface area contributed by atoms with E-state index < -0.39 is 10.0 Å². The number of hydrogen-bond acceptors (Lipinski definition) is 7. The first kappa shape index (κ1) is 19.7. The zero-order chi connectivity index (χ0) is 20.6. The minimum Gasteiger partial charge on any atom is -0.341 e. The summed E-state index contributed by atoms with van der Waals surface area (Å²) in [6.45, 7) is 0.740. The fourth-order valence-electron chi connectivity index (χ4n) is 3.37. The molecule has 0 bridgehead atoms. The van der Waals surface area contributed by atoms with Gasteiger partial charge in [0.1, 0.15) is 22.5 Å². The molecule has 12 heteroatoms. The van der Waals surface area contributed by atoms with Gasteiger partial charge in [-0.2, -0.15) is 5.10 Å². The van der Waals surface area contributed by atoms with Crippen molar-refractivity contribution in [1.82, 2.24) is 29.0 Å². The summed E-state index contributed by atoms with van der Waals surface area (Å²) in [6, 6.07) is 3.04. The Morgan fingerprint density at radius 1 is 1.34 bits per heavy atom. The van der Waals surface area contributed by atoms with Crippen LogP contribution >= 0.6 is 11.3 Å². The van der Waals surface area contributed by atoms with Gasteiger partial charge in [0, 0.05) is 26.2 Å². The van der Waals surface area contributed by atoms with Gasteiger partial charge in [-0.25, -0.2) is 18.1 Å². The number of rotatable bonds is 5. The first-order valence-electron chi connectivity index (χ1n) is 9.06. The summed E-state index contributed by atoms with van der Waals surface area (Å²) in [5, 5.41) is 6.10. The maximum atomic E-state index is 12.6. The van der Waals surface area contributed by atoms with Crippen molar-refractivity contribution >= 4 is 38.3 Å². The Morgan fingerprint density at radius 3 is 2.79 bits per heavy atom. The van der Waals surface area contributed by atoms with Gasteiger partial charge in [-0.1, -0.05) is 6.07 Å². The van der Waals surface area contributed by atoms with Crippen LogP contribution in [0, 0.1) is 0 Å². The molecule has 1 fully saturated rings. The third kappa shape index (κ3) is 3.95. The fraction of sp³-hybridized carbons (Fsp3) is 0.412. The van der Waals surface area contributed by atoms with Crippen molar-refractivity contribution in [2.45, 2.75) is 29.6 Å². The number of likely N-dealkylation sites (tertiary alicyclic amines) is 1. The van der Waals surface area contributed by atoms with E-state index in [1.165, 1.54) is 33.1 Å². The molecule has 4 heterocycles. The van der Waals surface area contributed by atoms with Gasteiger partial charge in [0.25, 0.3) is 5.56 Å². The van der Waals surface area contributed by atoms with Crippen LogP contribution in [0.25, 0.3) is 11.0 Å². The van der Waals surface area contributed by atoms with E-state index in [9.17, 15) is 18.0 Å². The summed E-state index contributed by atoms with van der Waals surface area (Å²) in [6.07, 6.45) is 3.83. The molecule has 0 aromatic carbocycles. The Kier molecular flexibility index (Phi) is 5.23. The number of hydrogen-bond donors (Lipinski definition) is 1. The number of carbonyl (C=O) groups is 1. The van der Waals surface area contributed by atoms with Gasteiger partial charge >= 0.3 is 0 Å². The molecule has 3 aromatic rings. The molecule has 1 saturated heterocycles. The fourth-order valence-corrected chi connectivity index (χ4v) is 5.68. The maximum Gasteiger partial charge on any atom is 0.264 e. The molecular formula is C17H20N6O4S2. The second-order valence-electron chi connectivity index (χ2n) is 6.89. The van der Waals surface area contributed by atoms with Gasteiger partial charge in [0.2, 0.25) is 15.9 Å². The van der Waals surface area contributed by atoms with Gasteiger partial charge in [-0.05, 0) is 24.3 Å². The van der Waals surface area contributed by atoms with Crippen LogP contribution in [0.15, 0.2) is 39.0 Å². The molecule has 4 rings (SSSR count). The molecule has 154 valence electrons. The lowest BCUT2D eigenvalue weighted by Crippen LogP contribution is -2.47. The highest BCUT2D eigenvalue weighted by atomic mass is 32.2. The molecule has 1 amide bonds. The summed E-state index contributed by atoms with van der Waals surface area (Å²) in [5.41, 5.74) is 0.160. The number of sulfonamides is 1. The van der Waals surface area contributed by atoms with Crippen LogP contribution in [0.1, 0.15) is 12.8 Å². The van der Waals surface area contributed by atoms with Crippen LogP contribution < -0.4 is 10.3 Å². The minimum atomic E-state index is -3.52. The summed E-state index contributed by atoms with van der Waals surface area (Å²) in [4.78, 5) is 31.0. The number of thiophene rings is 1. The van der Waals surface area contributed by atoms with Crippen molar-refractivity contribution < 1.29 is 13.2 Å². The molecule has 1 aliphatic rings. The minimum absolute atomic E-state index is 0.109. The normalized spacial score (nSPS) is 15.8. The van der Waals surface area contributed by atoms with Gasteiger partial charge in [-0.15, -0.1) is 11.3 Å². The van der Waals surface area contributed by atoms with E-state index in [1.54, 1.807) is 29.5 Å². The van der Waals surface area contributed by atoms with E-state index in [4.69, 9.17) is 0 Å². The zero-order valence-corrected chi connectivity index (χ0v) is 17.3. The van der Waals surface area contributed by atoms with E-state index >= 15 is 0 Å². The highest BCUT2D eigenvalue weighted by Crippen LogP contribution is 2.19. The van der Waals surface area contributed by atoms with E-state index in [-0.39, 0.29) is 28.3 Å². The van der Waals surface area contributed by atoms with Crippen molar-refractivity contribution in [3.63, 3.8) is 0 Å². The smallest absolute Gasteiger partial charge is 0.264 e. The topological polar surface area (TPSA) is 119 Å². The summed E-state index contributed by atoms with van der Waals surface area (Å²) in [7, 11) is -1.83. The lowest BCUT2D eigenvalue weighted by molar-refractivity contribution is -0.132. The second kappa shape index (κ2) is 7.69. The molecule has 0 atom stereocenters.